The van der Waals surface area contributed by atoms with Gasteiger partial charge in [-0.3, -0.25) is 4.68 Å². The predicted molar refractivity (Wildman–Crippen MR) is 44.6 cm³/mol. The standard InChI is InChI=1S/C9H14N2/c1-7-6-8(2)11(10-7)9-4-3-5-9/h6,9H,3-5H2,1-2H3. The van der Waals surface area contributed by atoms with Crippen LogP contribution in [-0.2, 0) is 0 Å². The van der Waals surface area contributed by atoms with E-state index in [1.807, 2.05) is 0 Å². The highest BCUT2D eigenvalue weighted by Crippen LogP contribution is 2.31. The molecule has 60 valence electrons. The minimum Gasteiger partial charge on any atom is -0.267 e. The van der Waals surface area contributed by atoms with E-state index in [2.05, 4.69) is 29.7 Å². The van der Waals surface area contributed by atoms with Gasteiger partial charge in [-0.1, -0.05) is 0 Å². The van der Waals surface area contributed by atoms with Crippen LogP contribution >= 0.6 is 0 Å². The summed E-state index contributed by atoms with van der Waals surface area (Å²) >= 11 is 0. The van der Waals surface area contributed by atoms with Crippen molar-refractivity contribution in [3.05, 3.63) is 17.5 Å². The zero-order valence-corrected chi connectivity index (χ0v) is 7.17. The summed E-state index contributed by atoms with van der Waals surface area (Å²) in [7, 11) is 0. The van der Waals surface area contributed by atoms with Crippen LogP contribution < -0.4 is 0 Å². The summed E-state index contributed by atoms with van der Waals surface area (Å²) in [5.41, 5.74) is 2.46. The lowest BCUT2D eigenvalue weighted by Crippen LogP contribution is -2.19. The third kappa shape index (κ3) is 1.06. The van der Waals surface area contributed by atoms with Crippen LogP contribution in [0.1, 0.15) is 36.7 Å². The quantitative estimate of drug-likeness (QED) is 0.600. The van der Waals surface area contributed by atoms with E-state index in [1.165, 1.54) is 25.0 Å². The summed E-state index contributed by atoms with van der Waals surface area (Å²) in [6.07, 6.45) is 4.02. The second-order valence-corrected chi connectivity index (χ2v) is 3.46. The van der Waals surface area contributed by atoms with Crippen molar-refractivity contribution in [3.8, 4) is 0 Å². The molecular weight excluding hydrogens is 136 g/mol. The number of nitrogens with zero attached hydrogens (tertiary/aromatic N) is 2. The van der Waals surface area contributed by atoms with Crippen LogP contribution in [0.15, 0.2) is 6.07 Å². The summed E-state index contributed by atoms with van der Waals surface area (Å²) in [4.78, 5) is 0. The SMILES string of the molecule is Cc1cc(C)n(C2CCC2)n1. The zero-order chi connectivity index (χ0) is 7.84. The Morgan fingerprint density at radius 2 is 2.18 bits per heavy atom. The molecule has 1 aliphatic carbocycles. The number of aromatic nitrogens is 2. The number of rotatable bonds is 1. The van der Waals surface area contributed by atoms with E-state index < -0.39 is 0 Å². The smallest absolute Gasteiger partial charge is 0.0596 e. The van der Waals surface area contributed by atoms with Crippen molar-refractivity contribution >= 4 is 0 Å². The average Bonchev–Trinajstić information content (AvgIpc) is 2.07. The van der Waals surface area contributed by atoms with E-state index in [9.17, 15) is 0 Å². The second kappa shape index (κ2) is 2.36. The molecule has 2 rings (SSSR count). The van der Waals surface area contributed by atoms with E-state index in [0.29, 0.717) is 6.04 Å². The largest absolute Gasteiger partial charge is 0.267 e. The molecule has 2 nitrogen and oxygen atoms in total. The Bertz CT molecular complexity index is 259. The number of hydrogen-bond donors (Lipinski definition) is 0. The normalized spacial score (nSPS) is 18.4. The topological polar surface area (TPSA) is 17.8 Å². The van der Waals surface area contributed by atoms with Crippen molar-refractivity contribution in [2.45, 2.75) is 39.2 Å². The first-order valence-electron chi connectivity index (χ1n) is 4.30. The molecule has 11 heavy (non-hydrogen) atoms. The van der Waals surface area contributed by atoms with Gasteiger partial charge in [-0.25, -0.2) is 0 Å². The molecule has 1 heterocycles. The molecule has 0 unspecified atom stereocenters. The molecule has 0 aromatic carbocycles. The van der Waals surface area contributed by atoms with Gasteiger partial charge in [-0.2, -0.15) is 5.10 Å². The molecule has 1 saturated carbocycles. The first-order chi connectivity index (χ1) is 5.27. The van der Waals surface area contributed by atoms with Gasteiger partial charge in [-0.05, 0) is 39.2 Å². The van der Waals surface area contributed by atoms with Gasteiger partial charge in [0.2, 0.25) is 0 Å². The predicted octanol–water partition coefficient (Wildman–Crippen LogP) is 2.22. The molecule has 0 amide bonds. The molecule has 0 saturated heterocycles. The Morgan fingerprint density at radius 1 is 1.45 bits per heavy atom. The zero-order valence-electron chi connectivity index (χ0n) is 7.17. The summed E-state index contributed by atoms with van der Waals surface area (Å²) in [6.45, 7) is 4.19. The molecule has 0 atom stereocenters. The van der Waals surface area contributed by atoms with Crippen LogP contribution in [0.4, 0.5) is 0 Å². The van der Waals surface area contributed by atoms with E-state index in [4.69, 9.17) is 0 Å². The fourth-order valence-electron chi connectivity index (χ4n) is 1.65. The molecule has 0 bridgehead atoms. The highest BCUT2D eigenvalue weighted by atomic mass is 15.3. The van der Waals surface area contributed by atoms with Gasteiger partial charge in [-0.15, -0.1) is 0 Å². The van der Waals surface area contributed by atoms with E-state index >= 15 is 0 Å². The molecule has 0 N–H and O–H groups in total. The highest BCUT2D eigenvalue weighted by Gasteiger charge is 2.21. The summed E-state index contributed by atoms with van der Waals surface area (Å²) in [5, 5.41) is 4.45. The molecule has 2 heteroatoms. The van der Waals surface area contributed by atoms with Crippen molar-refractivity contribution in [3.63, 3.8) is 0 Å². The fraction of sp³-hybridized carbons (Fsp3) is 0.667. The van der Waals surface area contributed by atoms with Crippen LogP contribution in [0.5, 0.6) is 0 Å². The summed E-state index contributed by atoms with van der Waals surface area (Å²) in [5.74, 6) is 0. The molecular formula is C9H14N2. The van der Waals surface area contributed by atoms with Crippen LogP contribution in [-0.4, -0.2) is 9.78 Å². The Hall–Kier alpha value is -0.790. The Labute approximate surface area is 67.2 Å². The first-order valence-corrected chi connectivity index (χ1v) is 4.30. The molecule has 1 fully saturated rings. The Morgan fingerprint density at radius 3 is 2.55 bits per heavy atom. The van der Waals surface area contributed by atoms with Gasteiger partial charge in [0.1, 0.15) is 0 Å². The Balaban J connectivity index is 2.28. The maximum Gasteiger partial charge on any atom is 0.0596 e. The monoisotopic (exact) mass is 150 g/mol. The van der Waals surface area contributed by atoms with E-state index in [1.54, 1.807) is 0 Å². The second-order valence-electron chi connectivity index (χ2n) is 3.46. The Kier molecular flexibility index (Phi) is 1.48. The van der Waals surface area contributed by atoms with E-state index in [-0.39, 0.29) is 0 Å². The van der Waals surface area contributed by atoms with Gasteiger partial charge in [0.15, 0.2) is 0 Å². The fourth-order valence-corrected chi connectivity index (χ4v) is 1.65. The molecule has 1 aliphatic rings. The van der Waals surface area contributed by atoms with Gasteiger partial charge < -0.3 is 0 Å². The van der Waals surface area contributed by atoms with Crippen LogP contribution in [0, 0.1) is 13.8 Å². The van der Waals surface area contributed by atoms with Crippen LogP contribution in [0.3, 0.4) is 0 Å². The van der Waals surface area contributed by atoms with Crippen molar-refractivity contribution < 1.29 is 0 Å². The van der Waals surface area contributed by atoms with E-state index in [0.717, 1.165) is 5.69 Å². The molecule has 1 aromatic heterocycles. The minimum absolute atomic E-state index is 0.712. The van der Waals surface area contributed by atoms with Crippen molar-refractivity contribution in [1.82, 2.24) is 9.78 Å². The average molecular weight is 150 g/mol. The maximum atomic E-state index is 4.45. The third-order valence-electron chi connectivity index (χ3n) is 2.47. The lowest BCUT2D eigenvalue weighted by atomic mass is 9.93. The van der Waals surface area contributed by atoms with Crippen LogP contribution in [0.25, 0.3) is 0 Å². The molecule has 0 spiro atoms. The summed E-state index contributed by atoms with van der Waals surface area (Å²) in [6, 6.07) is 2.86. The van der Waals surface area contributed by atoms with Gasteiger partial charge in [0, 0.05) is 5.69 Å². The number of hydrogen-bond acceptors (Lipinski definition) is 1. The minimum atomic E-state index is 0.712. The van der Waals surface area contributed by atoms with Crippen molar-refractivity contribution in [2.24, 2.45) is 0 Å². The van der Waals surface area contributed by atoms with Gasteiger partial charge in [0.05, 0.1) is 11.7 Å². The number of aryl methyl sites for hydroxylation is 2. The third-order valence-corrected chi connectivity index (χ3v) is 2.47. The van der Waals surface area contributed by atoms with Gasteiger partial charge >= 0.3 is 0 Å². The lowest BCUT2D eigenvalue weighted by Gasteiger charge is -2.26. The first kappa shape index (κ1) is 6.89. The van der Waals surface area contributed by atoms with Crippen LogP contribution in [0.2, 0.25) is 0 Å². The van der Waals surface area contributed by atoms with Crippen molar-refractivity contribution in [1.29, 1.82) is 0 Å². The lowest BCUT2D eigenvalue weighted by molar-refractivity contribution is 0.284. The van der Waals surface area contributed by atoms with Crippen molar-refractivity contribution in [2.75, 3.05) is 0 Å². The molecule has 0 radical (unpaired) electrons. The molecule has 0 aliphatic heterocycles. The highest BCUT2D eigenvalue weighted by molar-refractivity contribution is 5.08. The van der Waals surface area contributed by atoms with Gasteiger partial charge in [0.25, 0.3) is 0 Å². The summed E-state index contributed by atoms with van der Waals surface area (Å²) < 4.78 is 2.18. The molecule has 1 aromatic rings. The maximum absolute atomic E-state index is 4.45.